The molecule has 1 saturated carbocycles. The van der Waals surface area contributed by atoms with Crippen LogP contribution >= 0.6 is 0 Å². The Hall–Kier alpha value is -1.36. The molecule has 5 heteroatoms. The Morgan fingerprint density at radius 3 is 2.79 bits per heavy atom. The van der Waals surface area contributed by atoms with Gasteiger partial charge in [-0.25, -0.2) is 4.98 Å². The molecule has 0 aliphatic heterocycles. The topological polar surface area (TPSA) is 59.0 Å². The van der Waals surface area contributed by atoms with Crippen LogP contribution in [-0.4, -0.2) is 33.6 Å². The molecule has 2 rings (SSSR count). The Bertz CT molecular complexity index is 384. The lowest BCUT2D eigenvalue weighted by Crippen LogP contribution is -2.49. The van der Waals surface area contributed by atoms with Crippen LogP contribution in [0, 0.1) is 0 Å². The maximum atomic E-state index is 12.0. The van der Waals surface area contributed by atoms with Gasteiger partial charge in [0, 0.05) is 31.0 Å². The summed E-state index contributed by atoms with van der Waals surface area (Å²) in [5.41, 5.74) is 0. The Kier molecular flexibility index (Phi) is 4.96. The van der Waals surface area contributed by atoms with Gasteiger partial charge in [0.05, 0.1) is 12.4 Å². The predicted octanol–water partition coefficient (Wildman–Crippen LogP) is 1.31. The van der Waals surface area contributed by atoms with Gasteiger partial charge < -0.3 is 15.2 Å². The van der Waals surface area contributed by atoms with Crippen LogP contribution in [0.2, 0.25) is 0 Å². The minimum atomic E-state index is -0.154. The van der Waals surface area contributed by atoms with E-state index in [9.17, 15) is 4.79 Å². The molecule has 5 nitrogen and oxygen atoms in total. The monoisotopic (exact) mass is 264 g/mol. The van der Waals surface area contributed by atoms with E-state index in [0.29, 0.717) is 6.04 Å². The van der Waals surface area contributed by atoms with Crippen LogP contribution in [0.25, 0.3) is 0 Å². The van der Waals surface area contributed by atoms with Crippen molar-refractivity contribution in [3.8, 4) is 0 Å². The van der Waals surface area contributed by atoms with Gasteiger partial charge in [-0.2, -0.15) is 0 Å². The minimum Gasteiger partial charge on any atom is -0.352 e. The molecular weight excluding hydrogens is 240 g/mol. The smallest absolute Gasteiger partial charge is 0.237 e. The van der Waals surface area contributed by atoms with Gasteiger partial charge in [-0.05, 0) is 26.7 Å². The molecule has 19 heavy (non-hydrogen) atoms. The second kappa shape index (κ2) is 6.70. The number of hydrogen-bond donors (Lipinski definition) is 2. The van der Waals surface area contributed by atoms with Crippen LogP contribution in [0.4, 0.5) is 0 Å². The van der Waals surface area contributed by atoms with Crippen LogP contribution in [-0.2, 0) is 11.3 Å². The summed E-state index contributed by atoms with van der Waals surface area (Å²) in [4.78, 5) is 16.1. The van der Waals surface area contributed by atoms with Gasteiger partial charge in [0.25, 0.3) is 0 Å². The Balaban J connectivity index is 1.72. The van der Waals surface area contributed by atoms with E-state index in [0.717, 1.165) is 19.4 Å². The highest BCUT2D eigenvalue weighted by Crippen LogP contribution is 2.17. The van der Waals surface area contributed by atoms with Gasteiger partial charge in [0.2, 0.25) is 5.91 Å². The molecule has 106 valence electrons. The first-order valence-electron chi connectivity index (χ1n) is 7.17. The number of carbonyl (C=O) groups excluding carboxylic acids is 1. The summed E-state index contributed by atoms with van der Waals surface area (Å²) in [6.07, 6.45) is 10.2. The van der Waals surface area contributed by atoms with Crippen LogP contribution < -0.4 is 10.6 Å². The van der Waals surface area contributed by atoms with E-state index >= 15 is 0 Å². The molecule has 1 amide bonds. The summed E-state index contributed by atoms with van der Waals surface area (Å²) < 4.78 is 2.01. The number of nitrogens with zero attached hydrogens (tertiary/aromatic N) is 2. The normalized spacial score (nSPS) is 19.3. The van der Waals surface area contributed by atoms with Crippen molar-refractivity contribution in [1.82, 2.24) is 20.2 Å². The highest BCUT2D eigenvalue weighted by molar-refractivity contribution is 5.81. The highest BCUT2D eigenvalue weighted by Gasteiger charge is 2.21. The van der Waals surface area contributed by atoms with Crippen LogP contribution in [0.3, 0.4) is 0 Å². The van der Waals surface area contributed by atoms with Gasteiger partial charge in [-0.15, -0.1) is 0 Å². The van der Waals surface area contributed by atoms with E-state index in [4.69, 9.17) is 0 Å². The largest absolute Gasteiger partial charge is 0.352 e. The number of hydrogen-bond acceptors (Lipinski definition) is 3. The van der Waals surface area contributed by atoms with Crippen molar-refractivity contribution in [3.63, 3.8) is 0 Å². The molecule has 1 aromatic rings. The molecule has 0 aromatic carbocycles. The lowest BCUT2D eigenvalue weighted by Gasteiger charge is -2.21. The van der Waals surface area contributed by atoms with E-state index in [1.807, 2.05) is 17.7 Å². The molecule has 1 aliphatic rings. The molecule has 0 spiro atoms. The molecule has 1 fully saturated rings. The Labute approximate surface area is 114 Å². The van der Waals surface area contributed by atoms with Crippen molar-refractivity contribution in [2.75, 3.05) is 0 Å². The molecular formula is C14H24N4O. The van der Waals surface area contributed by atoms with Crippen molar-refractivity contribution in [2.24, 2.45) is 0 Å². The fourth-order valence-electron chi connectivity index (χ4n) is 2.66. The summed E-state index contributed by atoms with van der Waals surface area (Å²) in [5.74, 6) is 0.115. The first-order chi connectivity index (χ1) is 9.15. The van der Waals surface area contributed by atoms with Crippen molar-refractivity contribution >= 4 is 5.91 Å². The zero-order chi connectivity index (χ0) is 13.7. The van der Waals surface area contributed by atoms with E-state index in [1.54, 1.807) is 12.5 Å². The maximum Gasteiger partial charge on any atom is 0.237 e. The number of amides is 1. The lowest BCUT2D eigenvalue weighted by atomic mass is 10.2. The van der Waals surface area contributed by atoms with Crippen LogP contribution in [0.15, 0.2) is 18.7 Å². The van der Waals surface area contributed by atoms with Gasteiger partial charge in [0.15, 0.2) is 0 Å². The number of rotatable bonds is 6. The molecule has 1 aromatic heterocycles. The molecule has 2 unspecified atom stereocenters. The molecule has 2 atom stereocenters. The fourth-order valence-corrected chi connectivity index (χ4v) is 2.66. The molecule has 0 radical (unpaired) electrons. The standard InChI is InChI=1S/C14H24N4O/c1-11(9-18-8-7-15-10-18)16-12(2)14(19)17-13-5-3-4-6-13/h7-8,10-13,16H,3-6,9H2,1-2H3,(H,17,19). The fraction of sp³-hybridized carbons (Fsp3) is 0.714. The third kappa shape index (κ3) is 4.35. The first-order valence-corrected chi connectivity index (χ1v) is 7.17. The van der Waals surface area contributed by atoms with Crippen molar-refractivity contribution in [3.05, 3.63) is 18.7 Å². The van der Waals surface area contributed by atoms with E-state index in [-0.39, 0.29) is 18.0 Å². The van der Waals surface area contributed by atoms with Gasteiger partial charge in [-0.1, -0.05) is 12.8 Å². The summed E-state index contributed by atoms with van der Waals surface area (Å²) in [7, 11) is 0. The van der Waals surface area contributed by atoms with Gasteiger partial charge >= 0.3 is 0 Å². The van der Waals surface area contributed by atoms with Gasteiger partial charge in [-0.3, -0.25) is 4.79 Å². The van der Waals surface area contributed by atoms with Crippen molar-refractivity contribution in [1.29, 1.82) is 0 Å². The van der Waals surface area contributed by atoms with Crippen molar-refractivity contribution < 1.29 is 4.79 Å². The average molecular weight is 264 g/mol. The summed E-state index contributed by atoms with van der Waals surface area (Å²) in [6, 6.07) is 0.471. The third-order valence-electron chi connectivity index (χ3n) is 3.67. The Morgan fingerprint density at radius 2 is 2.16 bits per heavy atom. The van der Waals surface area contributed by atoms with Gasteiger partial charge in [0.1, 0.15) is 0 Å². The quantitative estimate of drug-likeness (QED) is 0.814. The SMILES string of the molecule is CC(Cn1ccnc1)NC(C)C(=O)NC1CCCC1. The van der Waals surface area contributed by atoms with E-state index < -0.39 is 0 Å². The van der Waals surface area contributed by atoms with E-state index in [1.165, 1.54) is 12.8 Å². The second-order valence-electron chi connectivity index (χ2n) is 5.54. The zero-order valence-electron chi connectivity index (χ0n) is 11.8. The summed E-state index contributed by atoms with van der Waals surface area (Å²) >= 11 is 0. The number of imidazole rings is 1. The molecule has 1 aliphatic carbocycles. The van der Waals surface area contributed by atoms with Crippen LogP contribution in [0.1, 0.15) is 39.5 Å². The maximum absolute atomic E-state index is 12.0. The number of carbonyl (C=O) groups is 1. The van der Waals surface area contributed by atoms with Crippen LogP contribution in [0.5, 0.6) is 0 Å². The average Bonchev–Trinajstić information content (AvgIpc) is 3.01. The predicted molar refractivity (Wildman–Crippen MR) is 74.7 cm³/mol. The lowest BCUT2D eigenvalue weighted by molar-refractivity contribution is -0.123. The summed E-state index contributed by atoms with van der Waals surface area (Å²) in [6.45, 7) is 4.83. The molecule has 0 saturated heterocycles. The third-order valence-corrected chi connectivity index (χ3v) is 3.67. The van der Waals surface area contributed by atoms with Crippen molar-refractivity contribution in [2.45, 2.75) is 64.2 Å². The number of nitrogens with one attached hydrogen (secondary N) is 2. The zero-order valence-corrected chi connectivity index (χ0v) is 11.8. The molecule has 0 bridgehead atoms. The second-order valence-corrected chi connectivity index (χ2v) is 5.54. The Morgan fingerprint density at radius 1 is 1.42 bits per heavy atom. The summed E-state index contributed by atoms with van der Waals surface area (Å²) in [5, 5.41) is 6.45. The highest BCUT2D eigenvalue weighted by atomic mass is 16.2. The molecule has 1 heterocycles. The number of aromatic nitrogens is 2. The van der Waals surface area contributed by atoms with E-state index in [2.05, 4.69) is 22.5 Å². The first kappa shape index (κ1) is 14.1. The minimum absolute atomic E-state index is 0.115. The molecule has 2 N–H and O–H groups in total.